The van der Waals surface area contributed by atoms with Crippen LogP contribution >= 0.6 is 0 Å². The molecule has 2 N–H and O–H groups in total. The van der Waals surface area contributed by atoms with Crippen molar-refractivity contribution in [3.8, 4) is 0 Å². The Balaban J connectivity index is 1.89. The summed E-state index contributed by atoms with van der Waals surface area (Å²) in [5.41, 5.74) is 7.13. The number of hydrogen-bond donors (Lipinski definition) is 1. The Morgan fingerprint density at radius 1 is 1.14 bits per heavy atom. The number of rotatable bonds is 2. The van der Waals surface area contributed by atoms with Crippen molar-refractivity contribution in [2.45, 2.75) is 50.5 Å². The largest absolute Gasteiger partial charge is 0.382 e. The number of aromatic nitrogens is 3. The molecule has 0 saturated heterocycles. The van der Waals surface area contributed by atoms with Gasteiger partial charge >= 0.3 is 0 Å². The van der Waals surface area contributed by atoms with Crippen LogP contribution in [0.3, 0.4) is 0 Å². The Labute approximate surface area is 83.5 Å². The van der Waals surface area contributed by atoms with Gasteiger partial charge in [-0.1, -0.05) is 18.1 Å². The highest BCUT2D eigenvalue weighted by atomic mass is 15.5. The number of nitrogen functional groups attached to an aromatic ring is 1. The van der Waals surface area contributed by atoms with Gasteiger partial charge in [0.05, 0.1) is 6.04 Å². The van der Waals surface area contributed by atoms with Crippen LogP contribution in [0, 0.1) is 0 Å². The molecule has 2 fully saturated rings. The molecule has 0 radical (unpaired) electrons. The van der Waals surface area contributed by atoms with Gasteiger partial charge < -0.3 is 5.73 Å². The van der Waals surface area contributed by atoms with E-state index >= 15 is 0 Å². The first-order valence-corrected chi connectivity index (χ1v) is 5.57. The van der Waals surface area contributed by atoms with Crippen LogP contribution in [-0.2, 0) is 0 Å². The van der Waals surface area contributed by atoms with Crippen molar-refractivity contribution in [1.82, 2.24) is 15.0 Å². The molecular formula is C10H16N4. The summed E-state index contributed by atoms with van der Waals surface area (Å²) in [5, 5.41) is 8.41. The third kappa shape index (κ3) is 1.21. The molecule has 0 amide bonds. The third-order valence-electron chi connectivity index (χ3n) is 3.39. The maximum Gasteiger partial charge on any atom is 0.146 e. The maximum absolute atomic E-state index is 6.06. The second kappa shape index (κ2) is 2.97. The summed E-state index contributed by atoms with van der Waals surface area (Å²) >= 11 is 0. The van der Waals surface area contributed by atoms with E-state index < -0.39 is 0 Å². The molecular weight excluding hydrogens is 176 g/mol. The van der Waals surface area contributed by atoms with Crippen LogP contribution in [0.2, 0.25) is 0 Å². The van der Waals surface area contributed by atoms with E-state index in [1.165, 1.54) is 38.5 Å². The average Bonchev–Trinajstić information content (AvgIpc) is 2.76. The van der Waals surface area contributed by atoms with Gasteiger partial charge in [-0.3, -0.25) is 0 Å². The Morgan fingerprint density at radius 3 is 2.50 bits per heavy atom. The molecule has 0 spiro atoms. The van der Waals surface area contributed by atoms with Crippen LogP contribution in [0.4, 0.5) is 5.82 Å². The zero-order chi connectivity index (χ0) is 9.54. The van der Waals surface area contributed by atoms with Crippen molar-refractivity contribution in [3.63, 3.8) is 0 Å². The molecule has 1 aromatic rings. The van der Waals surface area contributed by atoms with Gasteiger partial charge in [-0.2, -0.15) is 0 Å². The minimum Gasteiger partial charge on any atom is -0.382 e. The van der Waals surface area contributed by atoms with Crippen LogP contribution in [0.15, 0.2) is 0 Å². The van der Waals surface area contributed by atoms with Crippen LogP contribution in [-0.4, -0.2) is 15.0 Å². The van der Waals surface area contributed by atoms with E-state index in [1.54, 1.807) is 0 Å². The van der Waals surface area contributed by atoms with E-state index in [2.05, 4.69) is 10.3 Å². The Hall–Kier alpha value is -1.06. The van der Waals surface area contributed by atoms with Gasteiger partial charge in [-0.05, 0) is 25.7 Å². The second-order valence-corrected chi connectivity index (χ2v) is 4.52. The van der Waals surface area contributed by atoms with Crippen molar-refractivity contribution in [1.29, 1.82) is 0 Å². The minimum absolute atomic E-state index is 0.553. The van der Waals surface area contributed by atoms with Crippen molar-refractivity contribution in [2.24, 2.45) is 0 Å². The summed E-state index contributed by atoms with van der Waals surface area (Å²) in [6.07, 6.45) is 7.57. The normalized spacial score (nSPS) is 23.1. The van der Waals surface area contributed by atoms with Crippen LogP contribution in [0.25, 0.3) is 0 Å². The SMILES string of the molecule is Nc1c(C2CCCC2)nnn1C1CC1. The van der Waals surface area contributed by atoms with E-state index in [0.29, 0.717) is 12.0 Å². The van der Waals surface area contributed by atoms with Crippen molar-refractivity contribution in [2.75, 3.05) is 5.73 Å². The maximum atomic E-state index is 6.06. The number of hydrogen-bond acceptors (Lipinski definition) is 3. The zero-order valence-corrected chi connectivity index (χ0v) is 8.32. The minimum atomic E-state index is 0.553. The lowest BCUT2D eigenvalue weighted by atomic mass is 10.0. The monoisotopic (exact) mass is 192 g/mol. The quantitative estimate of drug-likeness (QED) is 0.778. The highest BCUT2D eigenvalue weighted by molar-refractivity contribution is 5.37. The molecule has 1 aromatic heterocycles. The van der Waals surface area contributed by atoms with E-state index in [1.807, 2.05) is 4.68 Å². The number of nitrogens with zero attached hydrogens (tertiary/aromatic N) is 3. The molecule has 4 heteroatoms. The molecule has 0 aliphatic heterocycles. The number of nitrogens with two attached hydrogens (primary N) is 1. The summed E-state index contributed by atoms with van der Waals surface area (Å²) < 4.78 is 1.92. The summed E-state index contributed by atoms with van der Waals surface area (Å²) in [6.45, 7) is 0. The zero-order valence-electron chi connectivity index (χ0n) is 8.32. The fourth-order valence-electron chi connectivity index (χ4n) is 2.39. The molecule has 0 unspecified atom stereocenters. The lowest BCUT2D eigenvalue weighted by Crippen LogP contribution is -2.04. The molecule has 0 aromatic carbocycles. The average molecular weight is 192 g/mol. The van der Waals surface area contributed by atoms with Gasteiger partial charge in [0.1, 0.15) is 11.5 Å². The molecule has 0 bridgehead atoms. The fraction of sp³-hybridized carbons (Fsp3) is 0.800. The van der Waals surface area contributed by atoms with E-state index in [4.69, 9.17) is 5.73 Å². The Kier molecular flexibility index (Phi) is 1.75. The van der Waals surface area contributed by atoms with Gasteiger partial charge in [0.25, 0.3) is 0 Å². The smallest absolute Gasteiger partial charge is 0.146 e. The van der Waals surface area contributed by atoms with Gasteiger partial charge in [0.15, 0.2) is 0 Å². The molecule has 2 saturated carbocycles. The predicted octanol–water partition coefficient (Wildman–Crippen LogP) is 1.85. The molecule has 4 nitrogen and oxygen atoms in total. The first-order chi connectivity index (χ1) is 6.86. The molecule has 1 heterocycles. The summed E-state index contributed by atoms with van der Waals surface area (Å²) in [4.78, 5) is 0. The molecule has 2 aliphatic carbocycles. The fourth-order valence-corrected chi connectivity index (χ4v) is 2.39. The Morgan fingerprint density at radius 2 is 1.86 bits per heavy atom. The standard InChI is InChI=1S/C10H16N4/c11-10-9(7-3-1-2-4-7)12-13-14(10)8-5-6-8/h7-8H,1-6,11H2. The van der Waals surface area contributed by atoms with E-state index in [0.717, 1.165) is 11.5 Å². The predicted molar refractivity (Wildman–Crippen MR) is 53.9 cm³/mol. The van der Waals surface area contributed by atoms with Crippen molar-refractivity contribution < 1.29 is 0 Å². The molecule has 76 valence electrons. The lowest BCUT2D eigenvalue weighted by molar-refractivity contribution is 0.616. The summed E-state index contributed by atoms with van der Waals surface area (Å²) in [7, 11) is 0. The van der Waals surface area contributed by atoms with E-state index in [9.17, 15) is 0 Å². The first kappa shape index (κ1) is 8.26. The van der Waals surface area contributed by atoms with Gasteiger partial charge in [-0.15, -0.1) is 5.10 Å². The molecule has 0 atom stereocenters. The van der Waals surface area contributed by atoms with Gasteiger partial charge in [0, 0.05) is 5.92 Å². The van der Waals surface area contributed by atoms with Gasteiger partial charge in [0.2, 0.25) is 0 Å². The molecule has 2 aliphatic rings. The summed E-state index contributed by atoms with van der Waals surface area (Å²) in [6, 6.07) is 0.553. The van der Waals surface area contributed by atoms with Crippen LogP contribution in [0.1, 0.15) is 56.2 Å². The van der Waals surface area contributed by atoms with Crippen molar-refractivity contribution >= 4 is 5.82 Å². The highest BCUT2D eigenvalue weighted by Crippen LogP contribution is 2.40. The summed E-state index contributed by atoms with van der Waals surface area (Å²) in [5.74, 6) is 1.42. The van der Waals surface area contributed by atoms with Gasteiger partial charge in [-0.25, -0.2) is 4.68 Å². The highest BCUT2D eigenvalue weighted by Gasteiger charge is 2.30. The van der Waals surface area contributed by atoms with Crippen LogP contribution in [0.5, 0.6) is 0 Å². The lowest BCUT2D eigenvalue weighted by Gasteiger charge is -2.06. The first-order valence-electron chi connectivity index (χ1n) is 5.57. The second-order valence-electron chi connectivity index (χ2n) is 4.52. The third-order valence-corrected chi connectivity index (χ3v) is 3.39. The van der Waals surface area contributed by atoms with Crippen LogP contribution < -0.4 is 5.73 Å². The Bertz CT molecular complexity index is 334. The number of anilines is 1. The van der Waals surface area contributed by atoms with Crippen molar-refractivity contribution in [3.05, 3.63) is 5.69 Å². The topological polar surface area (TPSA) is 56.7 Å². The molecule has 3 rings (SSSR count). The van der Waals surface area contributed by atoms with E-state index in [-0.39, 0.29) is 0 Å². The molecule has 14 heavy (non-hydrogen) atoms.